The largest absolute Gasteiger partial charge is 0.348 e. The number of H-pyrrole nitrogens is 1. The summed E-state index contributed by atoms with van der Waals surface area (Å²) >= 11 is 0. The molecule has 0 saturated heterocycles. The molecule has 158 valence electrons. The molecule has 4 aromatic rings. The van der Waals surface area contributed by atoms with E-state index in [0.717, 1.165) is 5.56 Å². The van der Waals surface area contributed by atoms with Crippen molar-refractivity contribution in [3.63, 3.8) is 0 Å². The van der Waals surface area contributed by atoms with E-state index in [1.807, 2.05) is 12.1 Å². The number of amides is 1. The number of carbonyl (C=O) groups excluding carboxylic acids is 1. The number of rotatable bonds is 6. The Bertz CT molecular complexity index is 1330. The number of sulfone groups is 1. The van der Waals surface area contributed by atoms with E-state index in [4.69, 9.17) is 0 Å². The average molecular weight is 436 g/mol. The normalized spacial score (nSPS) is 11.7. The number of nitrogens with one attached hydrogen (secondary N) is 2. The lowest BCUT2D eigenvalue weighted by Gasteiger charge is -2.08. The number of carbonyl (C=O) groups is 1. The van der Waals surface area contributed by atoms with Crippen molar-refractivity contribution < 1.29 is 13.2 Å². The van der Waals surface area contributed by atoms with Crippen LogP contribution in [-0.4, -0.2) is 39.5 Å². The lowest BCUT2D eigenvalue weighted by molar-refractivity contribution is 0.0952. The number of aromatic nitrogens is 4. The van der Waals surface area contributed by atoms with Crippen molar-refractivity contribution in [2.75, 3.05) is 0 Å². The van der Waals surface area contributed by atoms with E-state index in [1.54, 1.807) is 62.9 Å². The molecule has 9 heteroatoms. The van der Waals surface area contributed by atoms with Crippen molar-refractivity contribution in [1.29, 1.82) is 0 Å². The van der Waals surface area contributed by atoms with Gasteiger partial charge in [0.05, 0.1) is 27.6 Å². The molecule has 0 fully saturated rings. The van der Waals surface area contributed by atoms with Gasteiger partial charge in [0.1, 0.15) is 5.52 Å². The van der Waals surface area contributed by atoms with Crippen molar-refractivity contribution in [2.24, 2.45) is 0 Å². The van der Waals surface area contributed by atoms with Crippen molar-refractivity contribution in [3.8, 4) is 11.3 Å². The van der Waals surface area contributed by atoms with Crippen LogP contribution in [-0.2, 0) is 16.4 Å². The van der Waals surface area contributed by atoms with E-state index in [-0.39, 0.29) is 10.8 Å². The highest BCUT2D eigenvalue weighted by Gasteiger charge is 2.19. The second kappa shape index (κ2) is 8.27. The average Bonchev–Trinajstić information content (AvgIpc) is 3.21. The number of hydrogen-bond donors (Lipinski definition) is 2. The van der Waals surface area contributed by atoms with Crippen LogP contribution in [0.3, 0.4) is 0 Å². The Morgan fingerprint density at radius 2 is 1.90 bits per heavy atom. The first-order valence-electron chi connectivity index (χ1n) is 9.72. The highest BCUT2D eigenvalue weighted by Crippen LogP contribution is 2.24. The third-order valence-corrected chi connectivity index (χ3v) is 7.07. The van der Waals surface area contributed by atoms with Gasteiger partial charge in [-0.25, -0.2) is 18.4 Å². The Balaban J connectivity index is 1.60. The van der Waals surface area contributed by atoms with Crippen molar-refractivity contribution >= 4 is 26.9 Å². The number of pyridine rings is 1. The molecule has 1 amide bonds. The standard InChI is InChI=1S/C22H21N5O3S/c1-14(2)31(29,30)17-7-5-16(6-8-17)19-13-25-21-20(27-19)18(12-24-21)22(28)26-11-15-4-3-9-23-10-15/h3-10,12-14H,11H2,1-2H3,(H,24,25)(H,26,28). The van der Waals surface area contributed by atoms with Crippen LogP contribution >= 0.6 is 0 Å². The maximum Gasteiger partial charge on any atom is 0.255 e. The van der Waals surface area contributed by atoms with Crippen molar-refractivity contribution in [2.45, 2.75) is 30.5 Å². The van der Waals surface area contributed by atoms with Crippen molar-refractivity contribution in [3.05, 3.63) is 72.3 Å². The molecule has 31 heavy (non-hydrogen) atoms. The molecule has 0 aliphatic heterocycles. The van der Waals surface area contributed by atoms with Crippen LogP contribution in [0, 0.1) is 0 Å². The van der Waals surface area contributed by atoms with Gasteiger partial charge in [-0.1, -0.05) is 18.2 Å². The third-order valence-electron chi connectivity index (χ3n) is 4.90. The Labute approximate surface area is 179 Å². The summed E-state index contributed by atoms with van der Waals surface area (Å²) in [6.45, 7) is 3.64. The fourth-order valence-electron chi connectivity index (χ4n) is 3.07. The van der Waals surface area contributed by atoms with Crippen molar-refractivity contribution in [1.82, 2.24) is 25.3 Å². The molecule has 2 N–H and O–H groups in total. The van der Waals surface area contributed by atoms with Gasteiger partial charge in [-0.15, -0.1) is 0 Å². The highest BCUT2D eigenvalue weighted by molar-refractivity contribution is 7.92. The molecule has 0 atom stereocenters. The fourth-order valence-corrected chi connectivity index (χ4v) is 4.13. The predicted molar refractivity (Wildman–Crippen MR) is 117 cm³/mol. The van der Waals surface area contributed by atoms with Crippen LogP contribution in [0.1, 0.15) is 29.8 Å². The number of benzene rings is 1. The lowest BCUT2D eigenvalue weighted by atomic mass is 10.1. The second-order valence-electron chi connectivity index (χ2n) is 7.32. The van der Waals surface area contributed by atoms with Crippen LogP contribution in [0.5, 0.6) is 0 Å². The summed E-state index contributed by atoms with van der Waals surface area (Å²) in [5, 5.41) is 2.36. The minimum atomic E-state index is -3.35. The summed E-state index contributed by atoms with van der Waals surface area (Å²) < 4.78 is 24.6. The topological polar surface area (TPSA) is 118 Å². The maximum atomic E-state index is 12.7. The Morgan fingerprint density at radius 3 is 2.58 bits per heavy atom. The van der Waals surface area contributed by atoms with Gasteiger partial charge in [0.2, 0.25) is 0 Å². The number of nitrogens with zero attached hydrogens (tertiary/aromatic N) is 3. The van der Waals surface area contributed by atoms with Gasteiger partial charge in [0.25, 0.3) is 5.91 Å². The lowest BCUT2D eigenvalue weighted by Crippen LogP contribution is -2.22. The third kappa shape index (κ3) is 4.17. The first kappa shape index (κ1) is 20.7. The zero-order valence-corrected chi connectivity index (χ0v) is 17.8. The SMILES string of the molecule is CC(C)S(=O)(=O)c1ccc(-c2cnc3[nH]cc(C(=O)NCc4cccnc4)c3n2)cc1. The molecule has 0 aliphatic carbocycles. The monoisotopic (exact) mass is 435 g/mol. The van der Waals surface area contributed by atoms with Gasteiger partial charge in [0, 0.05) is 30.7 Å². The number of fused-ring (bicyclic) bond motifs is 1. The quantitative estimate of drug-likeness (QED) is 0.480. The Morgan fingerprint density at radius 1 is 1.13 bits per heavy atom. The van der Waals surface area contributed by atoms with Crippen LogP contribution in [0.15, 0.2) is 66.1 Å². The van der Waals surface area contributed by atoms with E-state index in [2.05, 4.69) is 25.3 Å². The molecule has 0 spiro atoms. The van der Waals surface area contributed by atoms with Crippen LogP contribution in [0.25, 0.3) is 22.4 Å². The summed E-state index contributed by atoms with van der Waals surface area (Å²) in [5.41, 5.74) is 3.46. The maximum absolute atomic E-state index is 12.7. The molecular formula is C22H21N5O3S. The number of aromatic amines is 1. The number of hydrogen-bond acceptors (Lipinski definition) is 6. The minimum absolute atomic E-state index is 0.261. The summed E-state index contributed by atoms with van der Waals surface area (Å²) in [5.74, 6) is -0.278. The van der Waals surface area contributed by atoms with E-state index >= 15 is 0 Å². The molecule has 3 heterocycles. The van der Waals surface area contributed by atoms with Gasteiger partial charge in [-0.05, 0) is 37.6 Å². The summed E-state index contributed by atoms with van der Waals surface area (Å²) in [6, 6.07) is 10.2. The van der Waals surface area contributed by atoms with Crippen LogP contribution in [0.4, 0.5) is 0 Å². The smallest absolute Gasteiger partial charge is 0.255 e. The van der Waals surface area contributed by atoms with Crippen LogP contribution in [0.2, 0.25) is 0 Å². The molecule has 0 radical (unpaired) electrons. The van der Waals surface area contributed by atoms with Gasteiger partial charge in [0.15, 0.2) is 15.5 Å². The van der Waals surface area contributed by atoms with E-state index in [1.165, 1.54) is 0 Å². The molecule has 8 nitrogen and oxygen atoms in total. The summed E-state index contributed by atoms with van der Waals surface area (Å²) in [6.07, 6.45) is 6.52. The first-order chi connectivity index (χ1) is 14.9. The molecule has 0 unspecified atom stereocenters. The molecule has 0 aliphatic rings. The molecular weight excluding hydrogens is 414 g/mol. The predicted octanol–water partition coefficient (Wildman–Crippen LogP) is 3.13. The Kier molecular flexibility index (Phi) is 5.51. The Hall–Kier alpha value is -3.59. The fraction of sp³-hybridized carbons (Fsp3) is 0.182. The zero-order valence-electron chi connectivity index (χ0n) is 17.0. The van der Waals surface area contributed by atoms with Gasteiger partial charge < -0.3 is 10.3 Å². The summed E-state index contributed by atoms with van der Waals surface area (Å²) in [4.78, 5) is 28.9. The molecule has 1 aromatic carbocycles. The second-order valence-corrected chi connectivity index (χ2v) is 9.82. The van der Waals surface area contributed by atoms with E-state index in [9.17, 15) is 13.2 Å². The van der Waals surface area contributed by atoms with Gasteiger partial charge in [-0.3, -0.25) is 9.78 Å². The van der Waals surface area contributed by atoms with Gasteiger partial charge >= 0.3 is 0 Å². The van der Waals surface area contributed by atoms with Gasteiger partial charge in [-0.2, -0.15) is 0 Å². The molecule has 3 aromatic heterocycles. The minimum Gasteiger partial charge on any atom is -0.348 e. The molecule has 4 rings (SSSR count). The highest BCUT2D eigenvalue weighted by atomic mass is 32.2. The molecule has 0 bridgehead atoms. The van der Waals surface area contributed by atoms with E-state index < -0.39 is 15.1 Å². The van der Waals surface area contributed by atoms with E-state index in [0.29, 0.717) is 34.5 Å². The summed E-state index contributed by atoms with van der Waals surface area (Å²) in [7, 11) is -3.35. The first-order valence-corrected chi connectivity index (χ1v) is 11.3. The molecule has 0 saturated carbocycles. The zero-order chi connectivity index (χ0) is 22.0. The van der Waals surface area contributed by atoms with Crippen LogP contribution < -0.4 is 5.32 Å².